The Hall–Kier alpha value is -1.16. The van der Waals surface area contributed by atoms with E-state index in [1.54, 1.807) is 7.11 Å². The van der Waals surface area contributed by atoms with Gasteiger partial charge < -0.3 is 10.1 Å². The number of ether oxygens (including phenoxy) is 1. The zero-order chi connectivity index (χ0) is 13.5. The monoisotopic (exact) mass is 278 g/mol. The Morgan fingerprint density at radius 2 is 2.26 bits per heavy atom. The van der Waals surface area contributed by atoms with E-state index in [0.717, 1.165) is 18.5 Å². The molecule has 0 aliphatic rings. The Morgan fingerprint density at radius 1 is 1.37 bits per heavy atom. The van der Waals surface area contributed by atoms with Gasteiger partial charge in [-0.1, -0.05) is 12.1 Å². The minimum atomic E-state index is 0.298. The van der Waals surface area contributed by atoms with Crippen LogP contribution in [0.1, 0.15) is 12.0 Å². The number of methoxy groups -OCH3 is 1. The fraction of sp³-hybridized carbons (Fsp3) is 0.400. The van der Waals surface area contributed by atoms with Crippen molar-refractivity contribution < 1.29 is 4.74 Å². The first-order valence-corrected chi connectivity index (χ1v) is 6.99. The van der Waals surface area contributed by atoms with E-state index in [4.69, 9.17) is 16.3 Å². The number of halogens is 1. The maximum Gasteiger partial charge on any atom is 0.0702 e. The van der Waals surface area contributed by atoms with Crippen molar-refractivity contribution in [2.75, 3.05) is 19.6 Å². The number of nitrogens with zero attached hydrogens (tertiary/aromatic N) is 1. The van der Waals surface area contributed by atoms with Crippen LogP contribution in [0.3, 0.4) is 0 Å². The number of aromatic nitrogens is 1. The van der Waals surface area contributed by atoms with E-state index in [2.05, 4.69) is 34.6 Å². The maximum atomic E-state index is 5.79. The summed E-state index contributed by atoms with van der Waals surface area (Å²) in [5.41, 5.74) is 2.27. The van der Waals surface area contributed by atoms with Crippen LogP contribution in [0.15, 0.2) is 36.5 Å². The number of rotatable bonds is 7. The Bertz CT molecular complexity index is 512. The predicted molar refractivity (Wildman–Crippen MR) is 79.6 cm³/mol. The van der Waals surface area contributed by atoms with Crippen molar-refractivity contribution in [2.24, 2.45) is 0 Å². The third-order valence-electron chi connectivity index (χ3n) is 3.09. The molecule has 1 heterocycles. The van der Waals surface area contributed by atoms with Crippen molar-refractivity contribution in [2.45, 2.75) is 19.0 Å². The van der Waals surface area contributed by atoms with E-state index in [0.29, 0.717) is 18.5 Å². The van der Waals surface area contributed by atoms with E-state index < -0.39 is 0 Å². The van der Waals surface area contributed by atoms with E-state index >= 15 is 0 Å². The van der Waals surface area contributed by atoms with Crippen molar-refractivity contribution in [3.63, 3.8) is 0 Å². The fourth-order valence-electron chi connectivity index (χ4n) is 2.07. The van der Waals surface area contributed by atoms with Gasteiger partial charge in [-0.2, -0.15) is 0 Å². The van der Waals surface area contributed by atoms with Gasteiger partial charge in [-0.15, -0.1) is 11.6 Å². The first-order chi connectivity index (χ1) is 9.33. The standard InChI is InChI=1S/C15H19ClN2O/c1-19-11-14(6-7-16)18-10-12-4-5-15-13(9-12)3-2-8-17-15/h2-5,8-9,14,18H,6-7,10-11H2,1H3. The molecule has 1 atom stereocenters. The normalized spacial score (nSPS) is 12.7. The van der Waals surface area contributed by atoms with Crippen LogP contribution in [0.25, 0.3) is 10.9 Å². The van der Waals surface area contributed by atoms with Gasteiger partial charge in [0.05, 0.1) is 12.1 Å². The Morgan fingerprint density at radius 3 is 3.05 bits per heavy atom. The minimum absolute atomic E-state index is 0.298. The maximum absolute atomic E-state index is 5.79. The van der Waals surface area contributed by atoms with Gasteiger partial charge in [0.15, 0.2) is 0 Å². The zero-order valence-corrected chi connectivity index (χ0v) is 11.9. The summed E-state index contributed by atoms with van der Waals surface area (Å²) >= 11 is 5.79. The summed E-state index contributed by atoms with van der Waals surface area (Å²) in [6, 6.07) is 10.7. The highest BCUT2D eigenvalue weighted by molar-refractivity contribution is 6.17. The molecule has 3 nitrogen and oxygen atoms in total. The van der Waals surface area contributed by atoms with Crippen LogP contribution in [0.4, 0.5) is 0 Å². The van der Waals surface area contributed by atoms with Gasteiger partial charge in [-0.05, 0) is 30.2 Å². The molecule has 0 spiro atoms. The summed E-state index contributed by atoms with van der Waals surface area (Å²) in [6.07, 6.45) is 2.72. The third-order valence-corrected chi connectivity index (χ3v) is 3.31. The molecule has 0 radical (unpaired) electrons. The van der Waals surface area contributed by atoms with E-state index in [1.807, 2.05) is 12.3 Å². The molecule has 1 unspecified atom stereocenters. The first kappa shape index (κ1) is 14.3. The van der Waals surface area contributed by atoms with Crippen molar-refractivity contribution in [3.05, 3.63) is 42.1 Å². The summed E-state index contributed by atoms with van der Waals surface area (Å²) in [5, 5.41) is 4.64. The topological polar surface area (TPSA) is 34.1 Å². The molecular formula is C15H19ClN2O. The second-order valence-corrected chi connectivity index (χ2v) is 4.92. The molecule has 1 N–H and O–H groups in total. The zero-order valence-electron chi connectivity index (χ0n) is 11.1. The fourth-order valence-corrected chi connectivity index (χ4v) is 2.34. The molecule has 0 aliphatic carbocycles. The van der Waals surface area contributed by atoms with Crippen LogP contribution in [0, 0.1) is 0 Å². The highest BCUT2D eigenvalue weighted by atomic mass is 35.5. The quantitative estimate of drug-likeness (QED) is 0.791. The molecule has 4 heteroatoms. The third kappa shape index (κ3) is 4.16. The van der Waals surface area contributed by atoms with Crippen LogP contribution >= 0.6 is 11.6 Å². The Kier molecular flexibility index (Phi) is 5.58. The van der Waals surface area contributed by atoms with Gasteiger partial charge in [0.25, 0.3) is 0 Å². The molecule has 0 fully saturated rings. The molecule has 19 heavy (non-hydrogen) atoms. The highest BCUT2D eigenvalue weighted by Crippen LogP contribution is 2.13. The SMILES string of the molecule is COCC(CCCl)NCc1ccc2ncccc2c1. The number of pyridine rings is 1. The van der Waals surface area contributed by atoms with Gasteiger partial charge >= 0.3 is 0 Å². The van der Waals surface area contributed by atoms with Gasteiger partial charge in [0, 0.05) is 37.2 Å². The summed E-state index contributed by atoms with van der Waals surface area (Å²) < 4.78 is 5.18. The van der Waals surface area contributed by atoms with E-state index in [1.165, 1.54) is 10.9 Å². The van der Waals surface area contributed by atoms with Crippen molar-refractivity contribution in [3.8, 4) is 0 Å². The minimum Gasteiger partial charge on any atom is -0.383 e. The number of hydrogen-bond donors (Lipinski definition) is 1. The predicted octanol–water partition coefficient (Wildman–Crippen LogP) is 2.97. The van der Waals surface area contributed by atoms with E-state index in [-0.39, 0.29) is 0 Å². The summed E-state index contributed by atoms with van der Waals surface area (Å²) in [7, 11) is 1.71. The van der Waals surface area contributed by atoms with Crippen LogP contribution in [-0.2, 0) is 11.3 Å². The Labute approximate surface area is 118 Å². The van der Waals surface area contributed by atoms with Crippen molar-refractivity contribution in [1.82, 2.24) is 10.3 Å². The van der Waals surface area contributed by atoms with Crippen molar-refractivity contribution in [1.29, 1.82) is 0 Å². The van der Waals surface area contributed by atoms with Crippen LogP contribution in [0.5, 0.6) is 0 Å². The van der Waals surface area contributed by atoms with Crippen LogP contribution in [0.2, 0.25) is 0 Å². The second-order valence-electron chi connectivity index (χ2n) is 4.54. The van der Waals surface area contributed by atoms with Gasteiger partial charge in [0.1, 0.15) is 0 Å². The van der Waals surface area contributed by atoms with Gasteiger partial charge in [0.2, 0.25) is 0 Å². The van der Waals surface area contributed by atoms with Crippen molar-refractivity contribution >= 4 is 22.5 Å². The van der Waals surface area contributed by atoms with Gasteiger partial charge in [-0.25, -0.2) is 0 Å². The molecule has 0 bridgehead atoms. The van der Waals surface area contributed by atoms with Crippen LogP contribution < -0.4 is 5.32 Å². The number of hydrogen-bond acceptors (Lipinski definition) is 3. The highest BCUT2D eigenvalue weighted by Gasteiger charge is 2.07. The van der Waals surface area contributed by atoms with E-state index in [9.17, 15) is 0 Å². The Balaban J connectivity index is 2.00. The number of fused-ring (bicyclic) bond motifs is 1. The molecule has 2 rings (SSSR count). The lowest BCUT2D eigenvalue weighted by Crippen LogP contribution is -2.33. The molecule has 1 aromatic heterocycles. The smallest absolute Gasteiger partial charge is 0.0702 e. The molecule has 2 aromatic rings. The molecule has 102 valence electrons. The van der Waals surface area contributed by atoms with Gasteiger partial charge in [-0.3, -0.25) is 4.98 Å². The second kappa shape index (κ2) is 7.43. The lowest BCUT2D eigenvalue weighted by atomic mass is 10.1. The average molecular weight is 279 g/mol. The number of benzene rings is 1. The molecule has 0 saturated heterocycles. The summed E-state index contributed by atoms with van der Waals surface area (Å²) in [5.74, 6) is 0.642. The molecule has 0 aliphatic heterocycles. The molecule has 1 aromatic carbocycles. The average Bonchev–Trinajstić information content (AvgIpc) is 2.45. The molecule has 0 amide bonds. The lowest BCUT2D eigenvalue weighted by molar-refractivity contribution is 0.164. The molecule has 0 saturated carbocycles. The molecular weight excluding hydrogens is 260 g/mol. The number of nitrogens with one attached hydrogen (secondary N) is 1. The first-order valence-electron chi connectivity index (χ1n) is 6.45. The number of alkyl halides is 1. The van der Waals surface area contributed by atoms with Crippen LogP contribution in [-0.4, -0.2) is 30.6 Å². The largest absolute Gasteiger partial charge is 0.383 e. The lowest BCUT2D eigenvalue weighted by Gasteiger charge is -2.16. The summed E-state index contributed by atoms with van der Waals surface area (Å²) in [6.45, 7) is 1.50. The summed E-state index contributed by atoms with van der Waals surface area (Å²) in [4.78, 5) is 4.32.